The van der Waals surface area contributed by atoms with Crippen LogP contribution in [0.4, 0.5) is 8.78 Å². The van der Waals surface area contributed by atoms with E-state index in [1.54, 1.807) is 7.05 Å². The van der Waals surface area contributed by atoms with Gasteiger partial charge in [0, 0.05) is 25.7 Å². The van der Waals surface area contributed by atoms with E-state index in [0.29, 0.717) is 18.6 Å². The predicted molar refractivity (Wildman–Crippen MR) is 106 cm³/mol. The van der Waals surface area contributed by atoms with E-state index in [0.717, 1.165) is 38.2 Å². The summed E-state index contributed by atoms with van der Waals surface area (Å²) in [5.74, 6) is -2.55. The molecule has 0 spiro atoms. The number of halogens is 2. The molecule has 0 aromatic heterocycles. The van der Waals surface area contributed by atoms with Crippen molar-refractivity contribution in [2.75, 3.05) is 13.6 Å². The molecule has 2 N–H and O–H groups in total. The standard InChI is InChI=1S/C22H27F2N3O/c1-27(22(28)18-12-8-13-19(23)21(18)24)14-7-3-6-11-17-15-20(26-25-17)16-9-4-2-5-10-16/h2,4-5,8-10,12-13,17,20,25-26H,3,6-7,11,14-15H2,1H3. The molecule has 0 aliphatic carbocycles. The number of rotatable bonds is 8. The van der Waals surface area contributed by atoms with Crippen molar-refractivity contribution in [3.8, 4) is 0 Å². The van der Waals surface area contributed by atoms with Crippen LogP contribution in [-0.4, -0.2) is 30.4 Å². The number of hydrogen-bond acceptors (Lipinski definition) is 3. The number of hydrazine groups is 1. The van der Waals surface area contributed by atoms with Crippen molar-refractivity contribution in [1.29, 1.82) is 0 Å². The van der Waals surface area contributed by atoms with Crippen molar-refractivity contribution < 1.29 is 13.6 Å². The van der Waals surface area contributed by atoms with Crippen molar-refractivity contribution in [1.82, 2.24) is 15.8 Å². The Kier molecular flexibility index (Phi) is 7.12. The fourth-order valence-electron chi connectivity index (χ4n) is 3.61. The predicted octanol–water partition coefficient (Wildman–Crippen LogP) is 4.21. The number of nitrogens with one attached hydrogen (secondary N) is 2. The van der Waals surface area contributed by atoms with Gasteiger partial charge in [-0.05, 0) is 37.0 Å². The molecule has 3 rings (SSSR count). The zero-order valence-corrected chi connectivity index (χ0v) is 16.1. The molecule has 1 aliphatic rings. The normalized spacial score (nSPS) is 19.0. The van der Waals surface area contributed by atoms with Gasteiger partial charge in [-0.15, -0.1) is 0 Å². The van der Waals surface area contributed by atoms with Crippen molar-refractivity contribution in [3.05, 3.63) is 71.3 Å². The summed E-state index contributed by atoms with van der Waals surface area (Å²) in [6.07, 6.45) is 4.99. The van der Waals surface area contributed by atoms with Gasteiger partial charge in [-0.1, -0.05) is 49.2 Å². The van der Waals surface area contributed by atoms with E-state index in [-0.39, 0.29) is 5.56 Å². The summed E-state index contributed by atoms with van der Waals surface area (Å²) < 4.78 is 27.0. The van der Waals surface area contributed by atoms with Crippen LogP contribution in [0.5, 0.6) is 0 Å². The molecule has 0 bridgehead atoms. The third-order valence-corrected chi connectivity index (χ3v) is 5.26. The second-order valence-electron chi connectivity index (χ2n) is 7.36. The van der Waals surface area contributed by atoms with Gasteiger partial charge in [0.25, 0.3) is 5.91 Å². The van der Waals surface area contributed by atoms with Crippen LogP contribution in [-0.2, 0) is 0 Å². The Hall–Kier alpha value is -2.31. The smallest absolute Gasteiger partial charge is 0.256 e. The number of carbonyl (C=O) groups is 1. The van der Waals surface area contributed by atoms with Crippen LogP contribution >= 0.6 is 0 Å². The molecule has 2 aromatic carbocycles. The van der Waals surface area contributed by atoms with E-state index in [2.05, 4.69) is 35.1 Å². The number of unbranched alkanes of at least 4 members (excludes halogenated alkanes) is 2. The lowest BCUT2D eigenvalue weighted by molar-refractivity contribution is 0.0786. The van der Waals surface area contributed by atoms with E-state index < -0.39 is 17.5 Å². The van der Waals surface area contributed by atoms with Crippen LogP contribution in [0.3, 0.4) is 0 Å². The van der Waals surface area contributed by atoms with Crippen LogP contribution < -0.4 is 10.9 Å². The first kappa shape index (κ1) is 20.4. The van der Waals surface area contributed by atoms with Gasteiger partial charge in [-0.25, -0.2) is 8.78 Å². The minimum Gasteiger partial charge on any atom is -0.342 e. The van der Waals surface area contributed by atoms with Gasteiger partial charge in [-0.2, -0.15) is 0 Å². The fraction of sp³-hybridized carbons (Fsp3) is 0.409. The van der Waals surface area contributed by atoms with E-state index >= 15 is 0 Å². The van der Waals surface area contributed by atoms with Crippen LogP contribution in [0.25, 0.3) is 0 Å². The summed E-state index contributed by atoms with van der Waals surface area (Å²) in [5.41, 5.74) is 7.80. The minimum atomic E-state index is -1.08. The molecule has 2 aromatic rings. The molecule has 1 saturated heterocycles. The molecule has 2 atom stereocenters. The average molecular weight is 387 g/mol. The van der Waals surface area contributed by atoms with Crippen LogP contribution in [0.15, 0.2) is 48.5 Å². The summed E-state index contributed by atoms with van der Waals surface area (Å²) >= 11 is 0. The Morgan fingerprint density at radius 2 is 1.82 bits per heavy atom. The lowest BCUT2D eigenvalue weighted by Gasteiger charge is -2.18. The molecule has 1 heterocycles. The van der Waals surface area contributed by atoms with Crippen molar-refractivity contribution in [2.45, 2.75) is 44.2 Å². The summed E-state index contributed by atoms with van der Waals surface area (Å²) in [6, 6.07) is 14.9. The van der Waals surface area contributed by atoms with E-state index in [1.807, 2.05) is 6.07 Å². The van der Waals surface area contributed by atoms with Crippen LogP contribution in [0.2, 0.25) is 0 Å². The Morgan fingerprint density at radius 1 is 1.04 bits per heavy atom. The molecule has 2 unspecified atom stereocenters. The Bertz CT molecular complexity index is 785. The summed E-state index contributed by atoms with van der Waals surface area (Å²) in [4.78, 5) is 13.7. The van der Waals surface area contributed by atoms with Gasteiger partial charge >= 0.3 is 0 Å². The maximum Gasteiger partial charge on any atom is 0.256 e. The van der Waals surface area contributed by atoms with Crippen molar-refractivity contribution in [3.63, 3.8) is 0 Å². The maximum absolute atomic E-state index is 13.7. The van der Waals surface area contributed by atoms with Crippen LogP contribution in [0.1, 0.15) is 54.1 Å². The largest absolute Gasteiger partial charge is 0.342 e. The number of hydrogen-bond donors (Lipinski definition) is 2. The molecule has 28 heavy (non-hydrogen) atoms. The summed E-state index contributed by atoms with van der Waals surface area (Å²) in [7, 11) is 1.62. The topological polar surface area (TPSA) is 44.4 Å². The second-order valence-corrected chi connectivity index (χ2v) is 7.36. The van der Waals surface area contributed by atoms with Gasteiger partial charge in [0.1, 0.15) is 0 Å². The highest BCUT2D eigenvalue weighted by Crippen LogP contribution is 2.24. The second kappa shape index (κ2) is 9.75. The zero-order valence-electron chi connectivity index (χ0n) is 16.1. The SMILES string of the molecule is CN(CCCCCC1CC(c2ccccc2)NN1)C(=O)c1cccc(F)c1F. The van der Waals surface area contributed by atoms with Crippen molar-refractivity contribution >= 4 is 5.91 Å². The molecule has 6 heteroatoms. The first-order valence-electron chi connectivity index (χ1n) is 9.81. The third kappa shape index (κ3) is 5.14. The molecule has 1 amide bonds. The quantitative estimate of drug-likeness (QED) is 0.667. The monoisotopic (exact) mass is 387 g/mol. The molecular weight excluding hydrogens is 360 g/mol. The Balaban J connectivity index is 1.35. The highest BCUT2D eigenvalue weighted by Gasteiger charge is 2.24. The van der Waals surface area contributed by atoms with Crippen LogP contribution in [0, 0.1) is 11.6 Å². The third-order valence-electron chi connectivity index (χ3n) is 5.26. The Morgan fingerprint density at radius 3 is 2.61 bits per heavy atom. The molecule has 4 nitrogen and oxygen atoms in total. The molecule has 150 valence electrons. The summed E-state index contributed by atoms with van der Waals surface area (Å²) in [6.45, 7) is 0.526. The molecule has 1 aliphatic heterocycles. The number of nitrogens with zero attached hydrogens (tertiary/aromatic N) is 1. The van der Waals surface area contributed by atoms with E-state index in [9.17, 15) is 13.6 Å². The Labute approximate surface area is 164 Å². The van der Waals surface area contributed by atoms with Gasteiger partial charge in [0.15, 0.2) is 11.6 Å². The maximum atomic E-state index is 13.7. The zero-order chi connectivity index (χ0) is 19.9. The average Bonchev–Trinajstić information content (AvgIpc) is 3.19. The minimum absolute atomic E-state index is 0.212. The first-order valence-corrected chi connectivity index (χ1v) is 9.81. The van der Waals surface area contributed by atoms with Gasteiger partial charge in [0.2, 0.25) is 0 Å². The number of carbonyl (C=O) groups excluding carboxylic acids is 1. The number of amides is 1. The summed E-state index contributed by atoms with van der Waals surface area (Å²) in [5, 5.41) is 0. The lowest BCUT2D eigenvalue weighted by Crippen LogP contribution is -2.31. The highest BCUT2D eigenvalue weighted by molar-refractivity contribution is 5.94. The van der Waals surface area contributed by atoms with E-state index in [4.69, 9.17) is 0 Å². The fourth-order valence-corrected chi connectivity index (χ4v) is 3.61. The molecular formula is C22H27F2N3O. The lowest BCUT2D eigenvalue weighted by atomic mass is 9.99. The molecule has 0 saturated carbocycles. The van der Waals surface area contributed by atoms with E-state index in [1.165, 1.54) is 22.6 Å². The van der Waals surface area contributed by atoms with Gasteiger partial charge < -0.3 is 4.90 Å². The van der Waals surface area contributed by atoms with Gasteiger partial charge in [0.05, 0.1) is 5.56 Å². The highest BCUT2D eigenvalue weighted by atomic mass is 19.2. The first-order chi connectivity index (χ1) is 13.6. The molecule has 1 fully saturated rings. The van der Waals surface area contributed by atoms with Gasteiger partial charge in [-0.3, -0.25) is 15.6 Å². The van der Waals surface area contributed by atoms with Crippen molar-refractivity contribution in [2.24, 2.45) is 0 Å². The number of benzene rings is 2. The molecule has 0 radical (unpaired) electrons.